The van der Waals surface area contributed by atoms with E-state index in [-0.39, 0.29) is 19.7 Å². The SMILES string of the molecule is CCOc1ccccc1C(=O)NCC(=O)OCCN1C(=O)c2ccccc2C1=O. The second kappa shape index (κ2) is 9.01. The summed E-state index contributed by atoms with van der Waals surface area (Å²) in [6.07, 6.45) is 0. The van der Waals surface area contributed by atoms with E-state index in [0.29, 0.717) is 29.0 Å². The number of amides is 3. The highest BCUT2D eigenvalue weighted by atomic mass is 16.5. The van der Waals surface area contributed by atoms with E-state index in [0.717, 1.165) is 4.90 Å². The van der Waals surface area contributed by atoms with Crippen molar-refractivity contribution in [2.45, 2.75) is 6.92 Å². The summed E-state index contributed by atoms with van der Waals surface area (Å²) in [5, 5.41) is 2.47. The van der Waals surface area contributed by atoms with Gasteiger partial charge in [-0.3, -0.25) is 24.1 Å². The first-order valence-corrected chi connectivity index (χ1v) is 9.13. The summed E-state index contributed by atoms with van der Waals surface area (Å²) in [6, 6.07) is 13.2. The number of nitrogens with zero attached hydrogens (tertiary/aromatic N) is 1. The van der Waals surface area contributed by atoms with E-state index in [9.17, 15) is 19.2 Å². The molecule has 0 aliphatic carbocycles. The van der Waals surface area contributed by atoms with E-state index >= 15 is 0 Å². The molecule has 8 nitrogen and oxygen atoms in total. The van der Waals surface area contributed by atoms with E-state index in [2.05, 4.69) is 5.32 Å². The number of imide groups is 1. The number of ether oxygens (including phenoxy) is 2. The quantitative estimate of drug-likeness (QED) is 0.538. The largest absolute Gasteiger partial charge is 0.493 e. The summed E-state index contributed by atoms with van der Waals surface area (Å²) in [6.45, 7) is 1.65. The van der Waals surface area contributed by atoms with Gasteiger partial charge in [-0.05, 0) is 31.2 Å². The Kier molecular flexibility index (Phi) is 6.23. The van der Waals surface area contributed by atoms with Crippen LogP contribution in [-0.4, -0.2) is 54.9 Å². The van der Waals surface area contributed by atoms with Crippen molar-refractivity contribution in [2.75, 3.05) is 26.3 Å². The number of nitrogens with one attached hydrogen (secondary N) is 1. The van der Waals surface area contributed by atoms with Crippen LogP contribution in [0.5, 0.6) is 5.75 Å². The van der Waals surface area contributed by atoms with Gasteiger partial charge >= 0.3 is 5.97 Å². The van der Waals surface area contributed by atoms with Gasteiger partial charge in [0.1, 0.15) is 18.9 Å². The highest BCUT2D eigenvalue weighted by Crippen LogP contribution is 2.22. The normalized spacial score (nSPS) is 12.5. The number of rotatable bonds is 8. The van der Waals surface area contributed by atoms with Crippen LogP contribution in [0.3, 0.4) is 0 Å². The minimum atomic E-state index is -0.677. The van der Waals surface area contributed by atoms with Gasteiger partial charge in [-0.1, -0.05) is 24.3 Å². The molecule has 1 aliphatic heterocycles. The maximum Gasteiger partial charge on any atom is 0.325 e. The zero-order valence-electron chi connectivity index (χ0n) is 15.8. The van der Waals surface area contributed by atoms with Crippen molar-refractivity contribution in [1.82, 2.24) is 10.2 Å². The van der Waals surface area contributed by atoms with Crippen molar-refractivity contribution in [2.24, 2.45) is 0 Å². The highest BCUT2D eigenvalue weighted by Gasteiger charge is 2.34. The molecular formula is C21H20N2O6. The van der Waals surface area contributed by atoms with Crippen LogP contribution >= 0.6 is 0 Å². The second-order valence-corrected chi connectivity index (χ2v) is 6.14. The Morgan fingerprint density at radius 2 is 1.59 bits per heavy atom. The lowest BCUT2D eigenvalue weighted by molar-refractivity contribution is -0.142. The summed E-state index contributed by atoms with van der Waals surface area (Å²) in [4.78, 5) is 49.6. The van der Waals surface area contributed by atoms with Gasteiger partial charge in [0.25, 0.3) is 17.7 Å². The Labute approximate surface area is 167 Å². The molecule has 2 aromatic rings. The minimum Gasteiger partial charge on any atom is -0.493 e. The number of carbonyl (C=O) groups excluding carboxylic acids is 4. The van der Waals surface area contributed by atoms with Crippen LogP contribution in [0.1, 0.15) is 38.0 Å². The first-order valence-electron chi connectivity index (χ1n) is 9.13. The smallest absolute Gasteiger partial charge is 0.325 e. The lowest BCUT2D eigenvalue weighted by Gasteiger charge is -2.14. The van der Waals surface area contributed by atoms with Crippen LogP contribution in [-0.2, 0) is 9.53 Å². The Hall–Kier alpha value is -3.68. The summed E-state index contributed by atoms with van der Waals surface area (Å²) in [5.74, 6) is -1.55. The first-order chi connectivity index (χ1) is 14.0. The Morgan fingerprint density at radius 1 is 0.966 bits per heavy atom. The van der Waals surface area contributed by atoms with E-state index in [1.807, 2.05) is 0 Å². The monoisotopic (exact) mass is 396 g/mol. The Balaban J connectivity index is 1.46. The summed E-state index contributed by atoms with van der Waals surface area (Å²) in [7, 11) is 0. The molecule has 0 unspecified atom stereocenters. The third-order valence-corrected chi connectivity index (χ3v) is 4.28. The molecule has 0 bridgehead atoms. The van der Waals surface area contributed by atoms with Crippen molar-refractivity contribution in [3.05, 3.63) is 65.2 Å². The molecule has 29 heavy (non-hydrogen) atoms. The fourth-order valence-corrected chi connectivity index (χ4v) is 2.93. The van der Waals surface area contributed by atoms with E-state index < -0.39 is 23.7 Å². The maximum absolute atomic E-state index is 12.2. The number of carbonyl (C=O) groups is 4. The molecule has 0 atom stereocenters. The standard InChI is InChI=1S/C21H20N2O6/c1-2-28-17-10-6-5-9-16(17)19(25)22-13-18(24)29-12-11-23-20(26)14-7-3-4-8-15(14)21(23)27/h3-10H,2,11-13H2,1H3,(H,22,25). The molecular weight excluding hydrogens is 376 g/mol. The highest BCUT2D eigenvalue weighted by molar-refractivity contribution is 6.21. The molecule has 3 rings (SSSR count). The van der Waals surface area contributed by atoms with Crippen LogP contribution in [0.25, 0.3) is 0 Å². The molecule has 1 heterocycles. The van der Waals surface area contributed by atoms with Gasteiger partial charge in [-0.25, -0.2) is 0 Å². The Bertz CT molecular complexity index is 921. The maximum atomic E-state index is 12.2. The van der Waals surface area contributed by atoms with Crippen molar-refractivity contribution >= 4 is 23.7 Å². The molecule has 1 N–H and O–H groups in total. The van der Waals surface area contributed by atoms with E-state index in [4.69, 9.17) is 9.47 Å². The van der Waals surface area contributed by atoms with Crippen molar-refractivity contribution in [1.29, 1.82) is 0 Å². The first kappa shape index (κ1) is 20.1. The molecule has 0 spiro atoms. The molecule has 0 aromatic heterocycles. The number of benzene rings is 2. The van der Waals surface area contributed by atoms with Gasteiger partial charge < -0.3 is 14.8 Å². The van der Waals surface area contributed by atoms with Gasteiger partial charge in [-0.2, -0.15) is 0 Å². The lowest BCUT2D eigenvalue weighted by atomic mass is 10.1. The molecule has 0 radical (unpaired) electrons. The fraction of sp³-hybridized carbons (Fsp3) is 0.238. The number of hydrogen-bond donors (Lipinski definition) is 1. The van der Waals surface area contributed by atoms with Gasteiger partial charge in [0.05, 0.1) is 29.8 Å². The third kappa shape index (κ3) is 4.43. The molecule has 8 heteroatoms. The number of fused-ring (bicyclic) bond motifs is 1. The number of esters is 1. The molecule has 2 aromatic carbocycles. The molecule has 3 amide bonds. The zero-order chi connectivity index (χ0) is 20.8. The minimum absolute atomic E-state index is 0.0563. The van der Waals surface area contributed by atoms with Crippen molar-refractivity contribution < 1.29 is 28.7 Å². The predicted octanol–water partition coefficient (Wildman–Crippen LogP) is 1.65. The molecule has 0 saturated heterocycles. The average molecular weight is 396 g/mol. The van der Waals surface area contributed by atoms with Gasteiger partial charge in [-0.15, -0.1) is 0 Å². The van der Waals surface area contributed by atoms with Crippen LogP contribution < -0.4 is 10.1 Å². The number of hydrogen-bond acceptors (Lipinski definition) is 6. The summed E-state index contributed by atoms with van der Waals surface area (Å²) >= 11 is 0. The summed E-state index contributed by atoms with van der Waals surface area (Å²) < 4.78 is 10.4. The number of para-hydroxylation sites is 1. The van der Waals surface area contributed by atoms with Crippen molar-refractivity contribution in [3.8, 4) is 5.75 Å². The van der Waals surface area contributed by atoms with Gasteiger partial charge in [0.2, 0.25) is 0 Å². The van der Waals surface area contributed by atoms with Gasteiger partial charge in [0.15, 0.2) is 0 Å². The third-order valence-electron chi connectivity index (χ3n) is 4.28. The molecule has 1 aliphatic rings. The lowest BCUT2D eigenvalue weighted by Crippen LogP contribution is -2.35. The van der Waals surface area contributed by atoms with Crippen LogP contribution in [0.2, 0.25) is 0 Å². The second-order valence-electron chi connectivity index (χ2n) is 6.14. The molecule has 0 fully saturated rings. The Morgan fingerprint density at radius 3 is 2.24 bits per heavy atom. The average Bonchev–Trinajstić information content (AvgIpc) is 2.98. The fourth-order valence-electron chi connectivity index (χ4n) is 2.93. The van der Waals surface area contributed by atoms with Crippen LogP contribution in [0.4, 0.5) is 0 Å². The zero-order valence-corrected chi connectivity index (χ0v) is 15.8. The van der Waals surface area contributed by atoms with Crippen LogP contribution in [0.15, 0.2) is 48.5 Å². The van der Waals surface area contributed by atoms with Gasteiger partial charge in [0, 0.05) is 0 Å². The van der Waals surface area contributed by atoms with Crippen LogP contribution in [0, 0.1) is 0 Å². The van der Waals surface area contributed by atoms with E-state index in [1.165, 1.54) is 0 Å². The van der Waals surface area contributed by atoms with Crippen molar-refractivity contribution in [3.63, 3.8) is 0 Å². The topological polar surface area (TPSA) is 102 Å². The van der Waals surface area contributed by atoms with E-state index in [1.54, 1.807) is 55.5 Å². The predicted molar refractivity (Wildman–Crippen MR) is 103 cm³/mol. The molecule has 150 valence electrons. The summed E-state index contributed by atoms with van der Waals surface area (Å²) in [5.41, 5.74) is 0.987. The molecule has 0 saturated carbocycles.